The molecule has 0 aliphatic rings. The van der Waals surface area contributed by atoms with Gasteiger partial charge in [0.25, 0.3) is 0 Å². The third-order valence-corrected chi connectivity index (χ3v) is 7.62. The minimum atomic E-state index is -3.31. The predicted molar refractivity (Wildman–Crippen MR) is 134 cm³/mol. The summed E-state index contributed by atoms with van der Waals surface area (Å²) in [5.41, 5.74) is 2.87. The molecular weight excluding hydrogens is 492 g/mol. The second-order valence-electron chi connectivity index (χ2n) is 7.66. The molecule has 174 valence electrons. The topological polar surface area (TPSA) is 101 Å². The second kappa shape index (κ2) is 9.41. The summed E-state index contributed by atoms with van der Waals surface area (Å²) >= 11 is 6.09. The van der Waals surface area contributed by atoms with Crippen LogP contribution in [0.1, 0.15) is 0 Å². The summed E-state index contributed by atoms with van der Waals surface area (Å²) in [6, 6.07) is 23.3. The van der Waals surface area contributed by atoms with Gasteiger partial charge in [0.2, 0.25) is 5.89 Å². The molecule has 0 aliphatic carbocycles. The number of thioether (sulfide) groups is 1. The first-order valence-corrected chi connectivity index (χ1v) is 13.2. The zero-order valence-electron chi connectivity index (χ0n) is 18.2. The van der Waals surface area contributed by atoms with Crippen LogP contribution in [0.25, 0.3) is 34.0 Å². The van der Waals surface area contributed by atoms with Gasteiger partial charge in [-0.25, -0.2) is 13.4 Å². The fourth-order valence-corrected chi connectivity index (χ4v) is 4.70. The average Bonchev–Trinajstić information content (AvgIpc) is 3.24. The molecule has 2 N–H and O–H groups in total. The maximum absolute atomic E-state index is 11.8. The van der Waals surface area contributed by atoms with Crippen molar-refractivity contribution < 1.29 is 28.1 Å². The van der Waals surface area contributed by atoms with Crippen LogP contribution in [0, 0.1) is 0 Å². The number of thiocarbonyl (C=S) groups is 1. The summed E-state index contributed by atoms with van der Waals surface area (Å²) in [4.78, 5) is 4.28. The number of rotatable bonds is 5. The standard InChI is InChI=1S/C24H21N2O5S3/c1-26(27,28)24(32)33-19-12-8-18(9-13-19)23-25-21(22(31-23)17-6-4-3-5-7-17)16-10-14-20(15-11-16)34(2,29)30/h3-15,27-28H,1-2H3/q+1. The summed E-state index contributed by atoms with van der Waals surface area (Å²) < 4.78 is 29.8. The van der Waals surface area contributed by atoms with Crippen LogP contribution in [0.2, 0.25) is 0 Å². The summed E-state index contributed by atoms with van der Waals surface area (Å²) in [6.07, 6.45) is 1.17. The third kappa shape index (κ3) is 5.44. The minimum absolute atomic E-state index is 0.0185. The molecule has 0 atom stereocenters. The normalized spacial score (nSPS) is 12.0. The van der Waals surface area contributed by atoms with Crippen molar-refractivity contribution in [1.82, 2.24) is 4.98 Å². The highest BCUT2D eigenvalue weighted by atomic mass is 32.2. The van der Waals surface area contributed by atoms with Crippen LogP contribution < -0.4 is 0 Å². The SMILES string of the molecule is C[N+](O)(O)C(=S)Sc1ccc(-c2nc(-c3ccc(S(C)(=O)=O)cc3)c(-c3ccccc3)o2)cc1. The molecule has 3 aromatic carbocycles. The predicted octanol–water partition coefficient (Wildman–Crippen LogP) is 5.68. The van der Waals surface area contributed by atoms with Gasteiger partial charge in [-0.2, -0.15) is 10.4 Å². The Morgan fingerprint density at radius 3 is 2.06 bits per heavy atom. The number of aromatic nitrogens is 1. The zero-order valence-corrected chi connectivity index (χ0v) is 20.7. The number of benzene rings is 3. The fraction of sp³-hybridized carbons (Fsp3) is 0.0833. The van der Waals surface area contributed by atoms with Crippen LogP contribution in [0.15, 0.2) is 93.1 Å². The fourth-order valence-electron chi connectivity index (χ4n) is 3.14. The Morgan fingerprint density at radius 1 is 0.912 bits per heavy atom. The lowest BCUT2D eigenvalue weighted by Gasteiger charge is -2.14. The molecule has 0 bridgehead atoms. The number of hydrogen-bond donors (Lipinski definition) is 2. The first-order chi connectivity index (χ1) is 16.0. The minimum Gasteiger partial charge on any atom is -0.435 e. The molecule has 0 radical (unpaired) electrons. The van der Waals surface area contributed by atoms with Crippen LogP contribution in [-0.4, -0.2) is 46.2 Å². The quantitative estimate of drug-likeness (QED) is 0.152. The van der Waals surface area contributed by atoms with E-state index in [1.165, 1.54) is 6.26 Å². The number of sulfone groups is 1. The van der Waals surface area contributed by atoms with Crippen molar-refractivity contribution in [3.05, 3.63) is 78.9 Å². The van der Waals surface area contributed by atoms with E-state index in [9.17, 15) is 18.8 Å². The van der Waals surface area contributed by atoms with Gasteiger partial charge in [0.1, 0.15) is 12.7 Å². The summed E-state index contributed by atoms with van der Waals surface area (Å²) in [5, 5.41) is 19.1. The molecule has 0 fully saturated rings. The maximum Gasteiger partial charge on any atom is 0.304 e. The number of hydrogen-bond acceptors (Lipinski definition) is 8. The molecule has 10 heteroatoms. The smallest absolute Gasteiger partial charge is 0.304 e. The molecule has 7 nitrogen and oxygen atoms in total. The molecule has 4 aromatic rings. The number of hydroxylamine groups is 4. The first-order valence-electron chi connectivity index (χ1n) is 10.0. The third-order valence-electron chi connectivity index (χ3n) is 4.87. The van der Waals surface area contributed by atoms with Crippen LogP contribution in [0.4, 0.5) is 0 Å². The van der Waals surface area contributed by atoms with Gasteiger partial charge in [-0.1, -0.05) is 42.5 Å². The average molecular weight is 514 g/mol. The monoisotopic (exact) mass is 513 g/mol. The molecule has 1 aromatic heterocycles. The molecule has 0 unspecified atom stereocenters. The molecule has 4 rings (SSSR count). The van der Waals surface area contributed by atoms with Crippen LogP contribution in [-0.2, 0) is 9.84 Å². The van der Waals surface area contributed by atoms with Crippen molar-refractivity contribution in [2.45, 2.75) is 9.79 Å². The van der Waals surface area contributed by atoms with Gasteiger partial charge >= 0.3 is 4.32 Å². The van der Waals surface area contributed by atoms with Gasteiger partial charge in [-0.3, -0.25) is 0 Å². The van der Waals surface area contributed by atoms with E-state index >= 15 is 0 Å². The van der Waals surface area contributed by atoms with Gasteiger partial charge in [0, 0.05) is 27.8 Å². The Kier molecular flexibility index (Phi) is 6.72. The van der Waals surface area contributed by atoms with E-state index in [4.69, 9.17) is 21.6 Å². The van der Waals surface area contributed by atoms with Gasteiger partial charge in [-0.15, -0.1) is 0 Å². The highest BCUT2D eigenvalue weighted by molar-refractivity contribution is 8.22. The molecule has 0 amide bonds. The van der Waals surface area contributed by atoms with E-state index in [1.807, 2.05) is 30.3 Å². The Balaban J connectivity index is 1.72. The number of oxazole rings is 1. The molecule has 34 heavy (non-hydrogen) atoms. The van der Waals surface area contributed by atoms with Crippen LogP contribution in [0.3, 0.4) is 0 Å². The van der Waals surface area contributed by atoms with E-state index in [-0.39, 0.29) is 9.22 Å². The van der Waals surface area contributed by atoms with Crippen molar-refractivity contribution in [2.75, 3.05) is 13.3 Å². The Bertz CT molecular complexity index is 1420. The number of quaternary nitrogens is 1. The van der Waals surface area contributed by atoms with E-state index in [0.717, 1.165) is 40.4 Å². The molecule has 0 aliphatic heterocycles. The van der Waals surface area contributed by atoms with E-state index in [2.05, 4.69) is 0 Å². The second-order valence-corrected chi connectivity index (χ2v) is 11.4. The largest absolute Gasteiger partial charge is 0.435 e. The Labute approximate surface area is 206 Å². The van der Waals surface area contributed by atoms with Gasteiger partial charge in [0.05, 0.1) is 4.90 Å². The van der Waals surface area contributed by atoms with Crippen molar-refractivity contribution >= 4 is 38.1 Å². The van der Waals surface area contributed by atoms with Gasteiger partial charge in [0.15, 0.2) is 15.6 Å². The summed E-state index contributed by atoms with van der Waals surface area (Å²) in [6.45, 7) is 0. The maximum atomic E-state index is 11.8. The summed E-state index contributed by atoms with van der Waals surface area (Å²) in [7, 11) is -2.15. The molecule has 0 spiro atoms. The Hall–Kier alpha value is -2.86. The highest BCUT2D eigenvalue weighted by Gasteiger charge is 2.25. The molecule has 0 saturated carbocycles. The van der Waals surface area contributed by atoms with Crippen molar-refractivity contribution in [2.24, 2.45) is 0 Å². The first kappa shape index (κ1) is 24.3. The van der Waals surface area contributed by atoms with E-state index < -0.39 is 14.6 Å². The van der Waals surface area contributed by atoms with Crippen molar-refractivity contribution in [3.63, 3.8) is 0 Å². The lowest BCUT2D eigenvalue weighted by atomic mass is 10.1. The van der Waals surface area contributed by atoms with E-state index in [1.54, 1.807) is 48.5 Å². The molecular formula is C24H21N2O5S3+. The van der Waals surface area contributed by atoms with Crippen LogP contribution in [0.5, 0.6) is 0 Å². The molecule has 0 saturated heterocycles. The highest BCUT2D eigenvalue weighted by Crippen LogP contribution is 2.36. The van der Waals surface area contributed by atoms with Gasteiger partial charge < -0.3 is 4.42 Å². The molecule has 1 heterocycles. The summed E-state index contributed by atoms with van der Waals surface area (Å²) in [5.74, 6) is 0.959. The van der Waals surface area contributed by atoms with E-state index in [0.29, 0.717) is 17.3 Å². The lowest BCUT2D eigenvalue weighted by Crippen LogP contribution is -2.39. The zero-order chi connectivity index (χ0) is 24.5. The van der Waals surface area contributed by atoms with Gasteiger partial charge in [-0.05, 0) is 65.2 Å². The Morgan fingerprint density at radius 2 is 1.50 bits per heavy atom. The lowest BCUT2D eigenvalue weighted by molar-refractivity contribution is -1.17. The van der Waals surface area contributed by atoms with Crippen molar-refractivity contribution in [1.29, 1.82) is 0 Å². The van der Waals surface area contributed by atoms with Crippen LogP contribution >= 0.6 is 24.0 Å². The number of nitrogens with zero attached hydrogens (tertiary/aromatic N) is 2. The van der Waals surface area contributed by atoms with Crippen molar-refractivity contribution in [3.8, 4) is 34.0 Å².